The Labute approximate surface area is 163 Å². The number of benzene rings is 3. The molecule has 0 amide bonds. The molecule has 4 rings (SSSR count). The maximum absolute atomic E-state index is 13.2. The van der Waals surface area contributed by atoms with Crippen LogP contribution in [-0.2, 0) is 0 Å². The Morgan fingerprint density at radius 2 is 1.75 bits per heavy atom. The van der Waals surface area contributed by atoms with E-state index in [-0.39, 0.29) is 5.56 Å². The molecule has 0 unspecified atom stereocenters. The van der Waals surface area contributed by atoms with Gasteiger partial charge in [-0.3, -0.25) is 4.79 Å². The highest BCUT2D eigenvalue weighted by atomic mass is 16.1. The van der Waals surface area contributed by atoms with Gasteiger partial charge in [0.15, 0.2) is 0 Å². The van der Waals surface area contributed by atoms with Crippen molar-refractivity contribution in [1.82, 2.24) is 9.55 Å². The molecule has 5 heteroatoms. The first-order valence-corrected chi connectivity index (χ1v) is 9.07. The zero-order valence-electron chi connectivity index (χ0n) is 15.8. The van der Waals surface area contributed by atoms with Gasteiger partial charge in [0.2, 0.25) is 5.95 Å². The number of para-hydroxylation sites is 1. The predicted octanol–water partition coefficient (Wildman–Crippen LogP) is 4.45. The highest BCUT2D eigenvalue weighted by Gasteiger charge is 2.12. The molecule has 0 spiro atoms. The van der Waals surface area contributed by atoms with Gasteiger partial charge in [-0.25, -0.2) is 15.0 Å². The van der Waals surface area contributed by atoms with Gasteiger partial charge in [0, 0.05) is 0 Å². The van der Waals surface area contributed by atoms with Gasteiger partial charge in [-0.2, -0.15) is 5.10 Å². The molecule has 1 heterocycles. The molecule has 0 aliphatic rings. The number of nitrogens with one attached hydrogen (secondary N) is 1. The van der Waals surface area contributed by atoms with E-state index < -0.39 is 0 Å². The van der Waals surface area contributed by atoms with Crippen LogP contribution in [0.4, 0.5) is 5.95 Å². The molecular formula is C23H20N4O. The Bertz CT molecular complexity index is 1240. The van der Waals surface area contributed by atoms with Crippen LogP contribution in [0.5, 0.6) is 0 Å². The molecule has 138 valence electrons. The summed E-state index contributed by atoms with van der Waals surface area (Å²) in [6.45, 7) is 4.02. The molecule has 0 bridgehead atoms. The molecule has 0 saturated heterocycles. The van der Waals surface area contributed by atoms with Crippen molar-refractivity contribution in [2.45, 2.75) is 13.8 Å². The summed E-state index contributed by atoms with van der Waals surface area (Å²) in [4.78, 5) is 17.8. The summed E-state index contributed by atoms with van der Waals surface area (Å²) in [5.74, 6) is 0.374. The minimum atomic E-state index is -0.134. The van der Waals surface area contributed by atoms with Crippen LogP contribution in [0.3, 0.4) is 0 Å². The maximum atomic E-state index is 13.2. The van der Waals surface area contributed by atoms with E-state index in [1.54, 1.807) is 16.8 Å². The quantitative estimate of drug-likeness (QED) is 0.428. The van der Waals surface area contributed by atoms with Crippen LogP contribution in [0.25, 0.3) is 16.6 Å². The average Bonchev–Trinajstić information content (AvgIpc) is 2.70. The third kappa shape index (κ3) is 3.42. The number of rotatable bonds is 4. The highest BCUT2D eigenvalue weighted by molar-refractivity contribution is 5.82. The Morgan fingerprint density at radius 3 is 2.57 bits per heavy atom. The van der Waals surface area contributed by atoms with Crippen molar-refractivity contribution in [3.63, 3.8) is 0 Å². The summed E-state index contributed by atoms with van der Waals surface area (Å²) in [7, 11) is 0. The van der Waals surface area contributed by atoms with Gasteiger partial charge in [0.1, 0.15) is 0 Å². The number of fused-ring (bicyclic) bond motifs is 1. The van der Waals surface area contributed by atoms with Crippen molar-refractivity contribution in [2.75, 3.05) is 5.43 Å². The molecule has 0 fully saturated rings. The lowest BCUT2D eigenvalue weighted by molar-refractivity contribution is 0.955. The fourth-order valence-electron chi connectivity index (χ4n) is 3.11. The number of hydrogen-bond acceptors (Lipinski definition) is 4. The van der Waals surface area contributed by atoms with E-state index in [1.165, 1.54) is 0 Å². The van der Waals surface area contributed by atoms with Crippen LogP contribution in [0.2, 0.25) is 0 Å². The summed E-state index contributed by atoms with van der Waals surface area (Å²) >= 11 is 0. The summed E-state index contributed by atoms with van der Waals surface area (Å²) in [6, 6.07) is 23.0. The van der Waals surface area contributed by atoms with Gasteiger partial charge in [-0.05, 0) is 54.8 Å². The number of anilines is 1. The third-order valence-electron chi connectivity index (χ3n) is 4.59. The summed E-state index contributed by atoms with van der Waals surface area (Å²) in [6.07, 6.45) is 1.73. The number of hydrogen-bond donors (Lipinski definition) is 1. The SMILES string of the molecule is Cc1cccc(-n2c(N/N=C/c3ccccc3C)nc3ccccc3c2=O)c1. The van der Waals surface area contributed by atoms with Crippen LogP contribution in [0, 0.1) is 13.8 Å². The van der Waals surface area contributed by atoms with Gasteiger partial charge >= 0.3 is 0 Å². The molecule has 1 N–H and O–H groups in total. The van der Waals surface area contributed by atoms with Crippen molar-refractivity contribution >= 4 is 23.1 Å². The van der Waals surface area contributed by atoms with Gasteiger partial charge < -0.3 is 0 Å². The Morgan fingerprint density at radius 1 is 0.964 bits per heavy atom. The molecule has 5 nitrogen and oxygen atoms in total. The predicted molar refractivity (Wildman–Crippen MR) is 114 cm³/mol. The Hall–Kier alpha value is -3.73. The smallest absolute Gasteiger partial charge is 0.267 e. The molecule has 0 aliphatic heterocycles. The van der Waals surface area contributed by atoms with Crippen molar-refractivity contribution in [3.05, 3.63) is 99.8 Å². The van der Waals surface area contributed by atoms with Crippen molar-refractivity contribution in [2.24, 2.45) is 5.10 Å². The summed E-state index contributed by atoms with van der Waals surface area (Å²) in [5, 5.41) is 4.90. The Balaban J connectivity index is 1.83. The van der Waals surface area contributed by atoms with Crippen LogP contribution in [0.1, 0.15) is 16.7 Å². The molecule has 28 heavy (non-hydrogen) atoms. The normalized spacial score (nSPS) is 11.2. The van der Waals surface area contributed by atoms with Gasteiger partial charge in [-0.15, -0.1) is 0 Å². The molecule has 0 saturated carbocycles. The second-order valence-electron chi connectivity index (χ2n) is 6.66. The van der Waals surface area contributed by atoms with Crippen molar-refractivity contribution in [3.8, 4) is 5.69 Å². The number of hydrazone groups is 1. The molecular weight excluding hydrogens is 348 g/mol. The average molecular weight is 368 g/mol. The first-order valence-electron chi connectivity index (χ1n) is 9.07. The van der Waals surface area contributed by atoms with Gasteiger partial charge in [0.05, 0.1) is 22.8 Å². The largest absolute Gasteiger partial charge is 0.268 e. The van der Waals surface area contributed by atoms with E-state index >= 15 is 0 Å². The zero-order valence-corrected chi connectivity index (χ0v) is 15.8. The van der Waals surface area contributed by atoms with Crippen LogP contribution in [-0.4, -0.2) is 15.8 Å². The van der Waals surface area contributed by atoms with Crippen LogP contribution in [0.15, 0.2) is 82.7 Å². The van der Waals surface area contributed by atoms with E-state index in [0.717, 1.165) is 22.4 Å². The standard InChI is InChI=1S/C23H20N4O/c1-16-8-7-11-19(14-16)27-22(28)20-12-5-6-13-21(20)25-23(27)26-24-15-18-10-4-3-9-17(18)2/h3-15H,1-2H3,(H,25,26)/b24-15+. The monoisotopic (exact) mass is 368 g/mol. The minimum Gasteiger partial charge on any atom is -0.268 e. The number of nitrogens with zero attached hydrogens (tertiary/aromatic N) is 3. The molecule has 0 atom stereocenters. The minimum absolute atomic E-state index is 0.134. The van der Waals surface area contributed by atoms with E-state index in [0.29, 0.717) is 16.9 Å². The topological polar surface area (TPSA) is 59.3 Å². The van der Waals surface area contributed by atoms with E-state index in [1.807, 2.05) is 80.6 Å². The van der Waals surface area contributed by atoms with E-state index in [2.05, 4.69) is 15.5 Å². The lowest BCUT2D eigenvalue weighted by atomic mass is 10.1. The lowest BCUT2D eigenvalue weighted by Crippen LogP contribution is -2.22. The fourth-order valence-corrected chi connectivity index (χ4v) is 3.11. The molecule has 1 aromatic heterocycles. The number of aromatic nitrogens is 2. The molecule has 3 aromatic carbocycles. The van der Waals surface area contributed by atoms with Crippen LogP contribution < -0.4 is 11.0 Å². The second-order valence-corrected chi connectivity index (χ2v) is 6.66. The fraction of sp³-hybridized carbons (Fsp3) is 0.0870. The molecule has 0 aliphatic carbocycles. The first-order chi connectivity index (χ1) is 13.6. The second kappa shape index (κ2) is 7.48. The third-order valence-corrected chi connectivity index (χ3v) is 4.59. The van der Waals surface area contributed by atoms with Gasteiger partial charge in [-0.1, -0.05) is 48.5 Å². The first kappa shape index (κ1) is 17.7. The number of aryl methyl sites for hydroxylation is 2. The lowest BCUT2D eigenvalue weighted by Gasteiger charge is -2.13. The molecule has 4 aromatic rings. The Kier molecular flexibility index (Phi) is 4.72. The van der Waals surface area contributed by atoms with Crippen LogP contribution >= 0.6 is 0 Å². The maximum Gasteiger partial charge on any atom is 0.267 e. The van der Waals surface area contributed by atoms with Gasteiger partial charge in [0.25, 0.3) is 5.56 Å². The van der Waals surface area contributed by atoms with E-state index in [9.17, 15) is 4.79 Å². The van der Waals surface area contributed by atoms with Crippen molar-refractivity contribution in [1.29, 1.82) is 0 Å². The summed E-state index contributed by atoms with van der Waals surface area (Å²) < 4.78 is 1.56. The zero-order chi connectivity index (χ0) is 19.5. The van der Waals surface area contributed by atoms with Crippen molar-refractivity contribution < 1.29 is 0 Å². The van der Waals surface area contributed by atoms with E-state index in [4.69, 9.17) is 0 Å². The summed E-state index contributed by atoms with van der Waals surface area (Å²) in [5.41, 5.74) is 7.39. The highest BCUT2D eigenvalue weighted by Crippen LogP contribution is 2.17. The molecule has 0 radical (unpaired) electrons.